The minimum atomic E-state index is 0.316. The second kappa shape index (κ2) is 7.09. The van der Waals surface area contributed by atoms with Crippen LogP contribution in [0.4, 0.5) is 5.69 Å². The molecule has 4 heteroatoms. The molecule has 2 aromatic rings. The zero-order valence-electron chi connectivity index (χ0n) is 11.4. The molecule has 0 fully saturated rings. The summed E-state index contributed by atoms with van der Waals surface area (Å²) in [6.45, 7) is 4.10. The summed E-state index contributed by atoms with van der Waals surface area (Å²) in [6, 6.07) is 12.3. The summed E-state index contributed by atoms with van der Waals surface area (Å²) in [5.74, 6) is 6.30. The maximum atomic E-state index is 5.23. The third-order valence-corrected chi connectivity index (χ3v) is 3.40. The lowest BCUT2D eigenvalue weighted by Gasteiger charge is -2.13. The van der Waals surface area contributed by atoms with Crippen LogP contribution >= 0.6 is 23.6 Å². The Balaban J connectivity index is 2.06. The summed E-state index contributed by atoms with van der Waals surface area (Å²) in [7, 11) is 0. The van der Waals surface area contributed by atoms with Gasteiger partial charge in [-0.05, 0) is 55.7 Å². The average molecular weight is 300 g/mol. The Kier molecular flexibility index (Phi) is 5.16. The van der Waals surface area contributed by atoms with Gasteiger partial charge in [0, 0.05) is 17.3 Å². The predicted octanol–water partition coefficient (Wildman–Crippen LogP) is 3.84. The Morgan fingerprint density at radius 1 is 1.20 bits per heavy atom. The Hall–Kier alpha value is -1.83. The van der Waals surface area contributed by atoms with Gasteiger partial charge in [0.1, 0.15) is 0 Å². The highest BCUT2D eigenvalue weighted by Crippen LogP contribution is 2.11. The smallest absolute Gasteiger partial charge is 0.170 e. The van der Waals surface area contributed by atoms with E-state index in [0.29, 0.717) is 11.2 Å². The van der Waals surface area contributed by atoms with Gasteiger partial charge >= 0.3 is 0 Å². The van der Waals surface area contributed by atoms with Crippen molar-refractivity contribution in [3.8, 4) is 11.8 Å². The van der Waals surface area contributed by atoms with Gasteiger partial charge in [-0.1, -0.05) is 24.0 Å². The second-order valence-electron chi connectivity index (χ2n) is 4.56. The molecule has 0 aliphatic carbocycles. The zero-order valence-corrected chi connectivity index (χ0v) is 13.1. The molecule has 1 aromatic heterocycles. The van der Waals surface area contributed by atoms with Crippen molar-refractivity contribution in [2.24, 2.45) is 0 Å². The highest BCUT2D eigenvalue weighted by molar-refractivity contribution is 7.80. The fraction of sp³-hybridized carbons (Fsp3) is 0.188. The van der Waals surface area contributed by atoms with E-state index in [9.17, 15) is 0 Å². The first-order valence-electron chi connectivity index (χ1n) is 6.36. The van der Waals surface area contributed by atoms with Crippen LogP contribution in [0.1, 0.15) is 24.3 Å². The maximum absolute atomic E-state index is 5.23. The molecule has 0 radical (unpaired) electrons. The van der Waals surface area contributed by atoms with Gasteiger partial charge in [0.05, 0.1) is 4.88 Å². The van der Waals surface area contributed by atoms with Crippen LogP contribution in [0.15, 0.2) is 41.8 Å². The number of nitrogens with one attached hydrogen (secondary N) is 2. The third-order valence-electron chi connectivity index (χ3n) is 2.39. The summed E-state index contributed by atoms with van der Waals surface area (Å²) in [5, 5.41) is 8.97. The second-order valence-corrected chi connectivity index (χ2v) is 5.92. The summed E-state index contributed by atoms with van der Waals surface area (Å²) in [5.41, 5.74) is 1.91. The summed E-state index contributed by atoms with van der Waals surface area (Å²) in [6.07, 6.45) is 0. The van der Waals surface area contributed by atoms with Gasteiger partial charge in [0.15, 0.2) is 5.11 Å². The third kappa shape index (κ3) is 4.69. The molecule has 20 heavy (non-hydrogen) atoms. The summed E-state index contributed by atoms with van der Waals surface area (Å²) < 4.78 is 0. The molecule has 0 bridgehead atoms. The van der Waals surface area contributed by atoms with Crippen molar-refractivity contribution in [2.75, 3.05) is 5.32 Å². The number of thiophene rings is 1. The standard InChI is InChI=1S/C16H16N2S2/c1-12(2)17-16(19)18-14-6-3-5-13(11-14)8-9-15-7-4-10-20-15/h3-7,10-12H,1-2H3,(H2,17,18,19). The van der Waals surface area contributed by atoms with Crippen LogP contribution in [-0.2, 0) is 0 Å². The van der Waals surface area contributed by atoms with E-state index in [4.69, 9.17) is 12.2 Å². The molecule has 2 rings (SSSR count). The van der Waals surface area contributed by atoms with Crippen molar-refractivity contribution in [3.05, 3.63) is 52.2 Å². The van der Waals surface area contributed by atoms with E-state index in [0.717, 1.165) is 16.1 Å². The molecule has 1 heterocycles. The van der Waals surface area contributed by atoms with Gasteiger partial charge in [-0.25, -0.2) is 0 Å². The first-order valence-corrected chi connectivity index (χ1v) is 7.65. The number of thiocarbonyl (C=S) groups is 1. The Morgan fingerprint density at radius 2 is 2.05 bits per heavy atom. The van der Waals surface area contributed by atoms with Gasteiger partial charge in [-0.2, -0.15) is 0 Å². The van der Waals surface area contributed by atoms with Crippen LogP contribution in [0.3, 0.4) is 0 Å². The molecule has 0 saturated carbocycles. The van der Waals surface area contributed by atoms with Gasteiger partial charge in [-0.3, -0.25) is 0 Å². The minimum Gasteiger partial charge on any atom is -0.360 e. The van der Waals surface area contributed by atoms with Crippen molar-refractivity contribution < 1.29 is 0 Å². The van der Waals surface area contributed by atoms with Crippen LogP contribution < -0.4 is 10.6 Å². The largest absolute Gasteiger partial charge is 0.360 e. The quantitative estimate of drug-likeness (QED) is 0.651. The molecule has 1 aromatic carbocycles. The van der Waals surface area contributed by atoms with E-state index < -0.39 is 0 Å². The van der Waals surface area contributed by atoms with Gasteiger partial charge in [0.2, 0.25) is 0 Å². The Labute approximate surface area is 129 Å². The minimum absolute atomic E-state index is 0.316. The number of hydrogen-bond acceptors (Lipinski definition) is 2. The number of benzene rings is 1. The van der Waals surface area contributed by atoms with E-state index in [1.807, 2.05) is 41.8 Å². The fourth-order valence-corrected chi connectivity index (χ4v) is 2.51. The zero-order chi connectivity index (χ0) is 14.4. The van der Waals surface area contributed by atoms with E-state index in [1.54, 1.807) is 11.3 Å². The lowest BCUT2D eigenvalue weighted by Crippen LogP contribution is -2.33. The molecule has 0 unspecified atom stereocenters. The molecule has 0 aliphatic heterocycles. The maximum Gasteiger partial charge on any atom is 0.170 e. The van der Waals surface area contributed by atoms with Crippen LogP contribution in [0, 0.1) is 11.8 Å². The SMILES string of the molecule is CC(C)NC(=S)Nc1cccc(C#Cc2cccs2)c1. The molecule has 0 spiro atoms. The Bertz CT molecular complexity index is 634. The number of anilines is 1. The predicted molar refractivity (Wildman–Crippen MR) is 91.2 cm³/mol. The van der Waals surface area contributed by atoms with E-state index in [2.05, 4.69) is 36.3 Å². The topological polar surface area (TPSA) is 24.1 Å². The number of rotatable bonds is 2. The number of hydrogen-bond donors (Lipinski definition) is 2. The average Bonchev–Trinajstić information content (AvgIpc) is 2.88. The van der Waals surface area contributed by atoms with Crippen molar-refractivity contribution in [3.63, 3.8) is 0 Å². The first kappa shape index (κ1) is 14.6. The molecular weight excluding hydrogens is 284 g/mol. The summed E-state index contributed by atoms with van der Waals surface area (Å²) >= 11 is 6.87. The molecule has 0 saturated heterocycles. The van der Waals surface area contributed by atoms with Crippen molar-refractivity contribution in [1.82, 2.24) is 5.32 Å². The van der Waals surface area contributed by atoms with Gasteiger partial charge in [-0.15, -0.1) is 11.3 Å². The van der Waals surface area contributed by atoms with Gasteiger partial charge < -0.3 is 10.6 Å². The van der Waals surface area contributed by atoms with Crippen molar-refractivity contribution in [1.29, 1.82) is 0 Å². The van der Waals surface area contributed by atoms with Crippen LogP contribution in [0.2, 0.25) is 0 Å². The molecule has 2 nitrogen and oxygen atoms in total. The van der Waals surface area contributed by atoms with Crippen molar-refractivity contribution in [2.45, 2.75) is 19.9 Å². The molecule has 102 valence electrons. The highest BCUT2D eigenvalue weighted by atomic mass is 32.1. The molecular formula is C16H16N2S2. The summed E-state index contributed by atoms with van der Waals surface area (Å²) in [4.78, 5) is 1.07. The van der Waals surface area contributed by atoms with Crippen LogP contribution in [0.25, 0.3) is 0 Å². The van der Waals surface area contributed by atoms with Gasteiger partial charge in [0.25, 0.3) is 0 Å². The van der Waals surface area contributed by atoms with Crippen LogP contribution in [0.5, 0.6) is 0 Å². The van der Waals surface area contributed by atoms with Crippen molar-refractivity contribution >= 4 is 34.4 Å². The fourth-order valence-electron chi connectivity index (χ4n) is 1.59. The normalized spacial score (nSPS) is 9.75. The Morgan fingerprint density at radius 3 is 2.75 bits per heavy atom. The molecule has 0 aliphatic rings. The van der Waals surface area contributed by atoms with E-state index in [-0.39, 0.29) is 0 Å². The monoisotopic (exact) mass is 300 g/mol. The first-order chi connectivity index (χ1) is 9.63. The van der Waals surface area contributed by atoms with E-state index >= 15 is 0 Å². The lowest BCUT2D eigenvalue weighted by molar-refractivity contribution is 0.739. The molecule has 0 amide bonds. The lowest BCUT2D eigenvalue weighted by atomic mass is 10.2. The molecule has 0 atom stereocenters. The van der Waals surface area contributed by atoms with Crippen LogP contribution in [-0.4, -0.2) is 11.2 Å². The molecule has 2 N–H and O–H groups in total. The van der Waals surface area contributed by atoms with E-state index in [1.165, 1.54) is 0 Å². The highest BCUT2D eigenvalue weighted by Gasteiger charge is 1.99.